The van der Waals surface area contributed by atoms with Crippen LogP contribution in [0.3, 0.4) is 0 Å². The van der Waals surface area contributed by atoms with Crippen molar-refractivity contribution in [2.24, 2.45) is 0 Å². The van der Waals surface area contributed by atoms with Gasteiger partial charge in [0.05, 0.1) is 12.6 Å². The third-order valence-corrected chi connectivity index (χ3v) is 3.18. The quantitative estimate of drug-likeness (QED) is 0.588. The molecule has 1 aromatic carbocycles. The van der Waals surface area contributed by atoms with E-state index in [2.05, 4.69) is 30.3 Å². The molecule has 4 rings (SSSR count). The van der Waals surface area contributed by atoms with E-state index < -0.39 is 0 Å². The summed E-state index contributed by atoms with van der Waals surface area (Å²) in [6.45, 7) is 0. The lowest BCUT2D eigenvalue weighted by Crippen LogP contribution is -2.12. The van der Waals surface area contributed by atoms with Gasteiger partial charge in [0, 0.05) is 5.56 Å². The lowest BCUT2D eigenvalue weighted by atomic mass is 10.2. The molecule has 0 spiro atoms. The second-order valence-electron chi connectivity index (χ2n) is 4.70. The largest absolute Gasteiger partial charge is 0.338 e. The molecular weight excluding hydrogens is 284 g/mol. The van der Waals surface area contributed by atoms with Gasteiger partial charge in [-0.15, -0.1) is 0 Å². The Morgan fingerprint density at radius 1 is 1.14 bits per heavy atom. The van der Waals surface area contributed by atoms with E-state index in [9.17, 15) is 4.79 Å². The van der Waals surface area contributed by atoms with Crippen LogP contribution in [0.1, 0.15) is 11.7 Å². The van der Waals surface area contributed by atoms with Gasteiger partial charge < -0.3 is 9.51 Å². The molecule has 4 aromatic rings. The average molecular weight is 294 g/mol. The molecule has 3 heterocycles. The Balaban J connectivity index is 1.65. The lowest BCUT2D eigenvalue weighted by molar-refractivity contribution is 0.384. The van der Waals surface area contributed by atoms with Crippen LogP contribution in [0.2, 0.25) is 0 Å². The van der Waals surface area contributed by atoms with Crippen LogP contribution in [-0.4, -0.2) is 30.3 Å². The average Bonchev–Trinajstić information content (AvgIpc) is 3.17. The minimum atomic E-state index is -0.278. The number of hydrogen-bond donors (Lipinski definition) is 2. The monoisotopic (exact) mass is 294 g/mol. The van der Waals surface area contributed by atoms with E-state index in [1.165, 1.54) is 6.20 Å². The summed E-state index contributed by atoms with van der Waals surface area (Å²) >= 11 is 0. The Morgan fingerprint density at radius 3 is 2.86 bits per heavy atom. The molecule has 0 aliphatic heterocycles. The standard InChI is InChI=1S/C14H10N6O2/c21-14-12-9(7-15-19-12)16-10(17-14)6-11-18-13(20-22-11)8-4-2-1-3-5-8/h1-5,7H,6H2,(H,15,19)(H,16,17,21). The highest BCUT2D eigenvalue weighted by molar-refractivity contribution is 5.71. The van der Waals surface area contributed by atoms with Gasteiger partial charge in [-0.25, -0.2) is 4.98 Å². The van der Waals surface area contributed by atoms with E-state index in [1.807, 2.05) is 30.3 Å². The third kappa shape index (κ3) is 2.16. The van der Waals surface area contributed by atoms with Gasteiger partial charge in [0.15, 0.2) is 0 Å². The molecule has 0 saturated heterocycles. The van der Waals surface area contributed by atoms with Crippen LogP contribution in [0, 0.1) is 0 Å². The van der Waals surface area contributed by atoms with Gasteiger partial charge >= 0.3 is 0 Å². The Labute approximate surface area is 123 Å². The van der Waals surface area contributed by atoms with Crippen molar-refractivity contribution in [2.75, 3.05) is 0 Å². The van der Waals surface area contributed by atoms with E-state index in [1.54, 1.807) is 0 Å². The number of nitrogens with zero attached hydrogens (tertiary/aromatic N) is 4. The third-order valence-electron chi connectivity index (χ3n) is 3.18. The molecule has 0 atom stereocenters. The van der Waals surface area contributed by atoms with Crippen LogP contribution < -0.4 is 5.56 Å². The molecule has 22 heavy (non-hydrogen) atoms. The highest BCUT2D eigenvalue weighted by Gasteiger charge is 2.12. The molecule has 8 heteroatoms. The van der Waals surface area contributed by atoms with Gasteiger partial charge in [-0.2, -0.15) is 10.1 Å². The van der Waals surface area contributed by atoms with Gasteiger partial charge in [0.25, 0.3) is 5.56 Å². The van der Waals surface area contributed by atoms with Crippen LogP contribution in [0.5, 0.6) is 0 Å². The molecule has 0 fully saturated rings. The summed E-state index contributed by atoms with van der Waals surface area (Å²) in [6, 6.07) is 9.51. The second-order valence-corrected chi connectivity index (χ2v) is 4.70. The maximum Gasteiger partial charge on any atom is 0.276 e. The summed E-state index contributed by atoms with van der Waals surface area (Å²) in [6.07, 6.45) is 1.74. The zero-order valence-corrected chi connectivity index (χ0v) is 11.3. The Morgan fingerprint density at radius 2 is 2.00 bits per heavy atom. The van der Waals surface area contributed by atoms with Gasteiger partial charge in [-0.05, 0) is 0 Å². The zero-order valence-electron chi connectivity index (χ0n) is 11.3. The van der Waals surface area contributed by atoms with Crippen molar-refractivity contribution < 1.29 is 4.52 Å². The predicted molar refractivity (Wildman–Crippen MR) is 77.0 cm³/mol. The summed E-state index contributed by atoms with van der Waals surface area (Å²) in [5, 5.41) is 10.3. The van der Waals surface area contributed by atoms with Crippen molar-refractivity contribution in [3.8, 4) is 11.4 Å². The van der Waals surface area contributed by atoms with E-state index in [0.29, 0.717) is 28.6 Å². The number of benzene rings is 1. The first kappa shape index (κ1) is 12.5. The fraction of sp³-hybridized carbons (Fsp3) is 0.0714. The maximum atomic E-state index is 11.8. The minimum absolute atomic E-state index is 0.246. The number of rotatable bonds is 3. The number of aromatic nitrogens is 6. The fourth-order valence-corrected chi connectivity index (χ4v) is 2.16. The van der Waals surface area contributed by atoms with Crippen LogP contribution in [0.15, 0.2) is 45.8 Å². The van der Waals surface area contributed by atoms with Crippen molar-refractivity contribution in [1.82, 2.24) is 30.3 Å². The molecule has 0 radical (unpaired) electrons. The van der Waals surface area contributed by atoms with Crippen LogP contribution in [0.4, 0.5) is 0 Å². The van der Waals surface area contributed by atoms with Gasteiger partial charge in [0.1, 0.15) is 16.9 Å². The van der Waals surface area contributed by atoms with Crippen LogP contribution in [0.25, 0.3) is 22.4 Å². The molecule has 108 valence electrons. The first-order chi connectivity index (χ1) is 10.8. The fourth-order valence-electron chi connectivity index (χ4n) is 2.16. The van der Waals surface area contributed by atoms with E-state index >= 15 is 0 Å². The number of fused-ring (bicyclic) bond motifs is 1. The predicted octanol–water partition coefficient (Wildman–Crippen LogP) is 1.29. The van der Waals surface area contributed by atoms with E-state index in [4.69, 9.17) is 4.52 Å². The highest BCUT2D eigenvalue weighted by Crippen LogP contribution is 2.15. The SMILES string of the molecule is O=c1[nH]c(Cc2nc(-c3ccccc3)no2)nc2cn[nH]c12. The summed E-state index contributed by atoms with van der Waals surface area (Å²) < 4.78 is 5.21. The molecule has 0 amide bonds. The maximum absolute atomic E-state index is 11.8. The Bertz CT molecular complexity index is 985. The molecule has 0 aliphatic carbocycles. The Hall–Kier alpha value is -3.29. The van der Waals surface area contributed by atoms with Gasteiger partial charge in [0.2, 0.25) is 11.7 Å². The van der Waals surface area contributed by atoms with Crippen LogP contribution >= 0.6 is 0 Å². The molecule has 2 N–H and O–H groups in total. The molecular formula is C14H10N6O2. The summed E-state index contributed by atoms with van der Waals surface area (Å²) in [5.41, 5.74) is 1.44. The number of hydrogen-bond acceptors (Lipinski definition) is 6. The molecule has 0 saturated carbocycles. The van der Waals surface area contributed by atoms with Crippen molar-refractivity contribution in [2.45, 2.75) is 6.42 Å². The normalized spacial score (nSPS) is 11.1. The molecule has 0 bridgehead atoms. The number of H-pyrrole nitrogens is 2. The lowest BCUT2D eigenvalue weighted by Gasteiger charge is -1.96. The summed E-state index contributed by atoms with van der Waals surface area (Å²) in [4.78, 5) is 23.1. The zero-order chi connectivity index (χ0) is 14.9. The molecule has 3 aromatic heterocycles. The van der Waals surface area contributed by atoms with Crippen molar-refractivity contribution in [1.29, 1.82) is 0 Å². The first-order valence-electron chi connectivity index (χ1n) is 6.60. The molecule has 0 unspecified atom stereocenters. The van der Waals surface area contributed by atoms with Crippen molar-refractivity contribution >= 4 is 11.0 Å². The summed E-state index contributed by atoms with van der Waals surface area (Å²) in [7, 11) is 0. The highest BCUT2D eigenvalue weighted by atomic mass is 16.5. The Kier molecular flexibility index (Phi) is 2.78. The first-order valence-corrected chi connectivity index (χ1v) is 6.60. The molecule has 8 nitrogen and oxygen atoms in total. The van der Waals surface area contributed by atoms with Crippen molar-refractivity contribution in [3.05, 3.63) is 58.6 Å². The van der Waals surface area contributed by atoms with E-state index in [-0.39, 0.29) is 12.0 Å². The van der Waals surface area contributed by atoms with Gasteiger partial charge in [-0.3, -0.25) is 9.89 Å². The topological polar surface area (TPSA) is 113 Å². The number of nitrogens with one attached hydrogen (secondary N) is 2. The molecule has 0 aliphatic rings. The second kappa shape index (κ2) is 4.92. The smallest absolute Gasteiger partial charge is 0.276 e. The number of aromatic amines is 2. The van der Waals surface area contributed by atoms with Gasteiger partial charge in [-0.1, -0.05) is 35.5 Å². The summed E-state index contributed by atoms with van der Waals surface area (Å²) in [5.74, 6) is 1.33. The van der Waals surface area contributed by atoms with Crippen molar-refractivity contribution in [3.63, 3.8) is 0 Å². The minimum Gasteiger partial charge on any atom is -0.338 e. The van der Waals surface area contributed by atoms with E-state index in [0.717, 1.165) is 5.56 Å². The van der Waals surface area contributed by atoms with Crippen LogP contribution in [-0.2, 0) is 6.42 Å².